The fraction of sp³-hybridized carbons (Fsp3) is 0.417. The monoisotopic (exact) mass is 348 g/mol. The zero-order chi connectivity index (χ0) is 19.2. The fourth-order valence-corrected chi connectivity index (χ4v) is 4.04. The minimum atomic E-state index is 0.993. The normalized spacial score (nSPS) is 11.4. The van der Waals surface area contributed by atoms with E-state index in [4.69, 9.17) is 0 Å². The van der Waals surface area contributed by atoms with Crippen LogP contribution in [0.15, 0.2) is 24.3 Å². The Bertz CT molecular complexity index is 985. The third kappa shape index (κ3) is 2.72. The lowest BCUT2D eigenvalue weighted by Crippen LogP contribution is -2.20. The van der Waals surface area contributed by atoms with Crippen molar-refractivity contribution < 1.29 is 0 Å². The van der Waals surface area contributed by atoms with Gasteiger partial charge in [-0.2, -0.15) is 0 Å². The van der Waals surface area contributed by atoms with Gasteiger partial charge in [0.1, 0.15) is 0 Å². The average molecular weight is 349 g/mol. The summed E-state index contributed by atoms with van der Waals surface area (Å²) in [6, 6.07) is 9.31. The molecule has 0 radical (unpaired) electrons. The third-order valence-corrected chi connectivity index (χ3v) is 6.05. The van der Waals surface area contributed by atoms with Gasteiger partial charge in [0.15, 0.2) is 0 Å². The van der Waals surface area contributed by atoms with Crippen LogP contribution in [0.2, 0.25) is 0 Å². The first-order valence-corrected chi connectivity index (χ1v) is 9.70. The van der Waals surface area contributed by atoms with E-state index in [0.29, 0.717) is 0 Å². The van der Waals surface area contributed by atoms with Crippen LogP contribution < -0.4 is 9.80 Å². The molecule has 3 aromatic carbocycles. The van der Waals surface area contributed by atoms with Crippen molar-refractivity contribution in [2.24, 2.45) is 0 Å². The maximum atomic E-state index is 2.40. The van der Waals surface area contributed by atoms with Crippen LogP contribution in [-0.4, -0.2) is 27.2 Å². The van der Waals surface area contributed by atoms with Crippen molar-refractivity contribution >= 4 is 32.9 Å². The van der Waals surface area contributed by atoms with Gasteiger partial charge >= 0.3 is 0 Å². The van der Waals surface area contributed by atoms with Gasteiger partial charge in [-0.05, 0) is 70.4 Å². The van der Waals surface area contributed by atoms with E-state index in [1.54, 1.807) is 0 Å². The van der Waals surface area contributed by atoms with E-state index in [-0.39, 0.29) is 0 Å². The van der Waals surface area contributed by atoms with Crippen molar-refractivity contribution in [2.75, 3.05) is 37.0 Å². The molecular formula is C24H32N2. The summed E-state index contributed by atoms with van der Waals surface area (Å²) < 4.78 is 0. The van der Waals surface area contributed by atoms with Crippen LogP contribution in [0.25, 0.3) is 21.5 Å². The molecule has 0 N–H and O–H groups in total. The van der Waals surface area contributed by atoms with Crippen molar-refractivity contribution in [3.05, 3.63) is 46.5 Å². The highest BCUT2D eigenvalue weighted by Crippen LogP contribution is 2.45. The van der Waals surface area contributed by atoms with Crippen LogP contribution in [0.3, 0.4) is 0 Å². The molecular weight excluding hydrogens is 316 g/mol. The molecule has 2 heteroatoms. The molecule has 0 aromatic heterocycles. The van der Waals surface area contributed by atoms with Crippen LogP contribution in [0.4, 0.5) is 11.4 Å². The van der Waals surface area contributed by atoms with E-state index < -0.39 is 0 Å². The number of hydrogen-bond donors (Lipinski definition) is 0. The predicted octanol–water partition coefficient (Wildman–Crippen LogP) is 6.14. The Balaban J connectivity index is 2.68. The number of aryl methyl sites for hydroxylation is 3. The Morgan fingerprint density at radius 2 is 1.31 bits per heavy atom. The molecule has 3 rings (SSSR count). The number of nitrogens with zero attached hydrogens (tertiary/aromatic N) is 2. The molecule has 0 bridgehead atoms. The molecule has 0 aliphatic rings. The molecule has 2 nitrogen and oxygen atoms in total. The lowest BCUT2D eigenvalue weighted by molar-refractivity contribution is 0.971. The van der Waals surface area contributed by atoms with Gasteiger partial charge in [-0.3, -0.25) is 0 Å². The van der Waals surface area contributed by atoms with Crippen LogP contribution in [0.5, 0.6) is 0 Å². The number of hydrogen-bond acceptors (Lipinski definition) is 2. The number of rotatable bonds is 4. The van der Waals surface area contributed by atoms with Gasteiger partial charge in [0, 0.05) is 48.7 Å². The molecule has 0 heterocycles. The van der Waals surface area contributed by atoms with E-state index in [9.17, 15) is 0 Å². The summed E-state index contributed by atoms with van der Waals surface area (Å²) >= 11 is 0. The summed E-state index contributed by atoms with van der Waals surface area (Å²) in [5, 5.41) is 5.50. The SMILES string of the molecule is CCN(C)c1c2cc(C)ccc2c(N(C)CC)c2c(C)c(C)c(C)cc12. The number of fused-ring (bicyclic) bond motifs is 2. The van der Waals surface area contributed by atoms with Gasteiger partial charge in [0.25, 0.3) is 0 Å². The van der Waals surface area contributed by atoms with E-state index in [2.05, 4.69) is 89.7 Å². The average Bonchev–Trinajstić information content (AvgIpc) is 2.63. The predicted molar refractivity (Wildman–Crippen MR) is 118 cm³/mol. The molecule has 0 spiro atoms. The van der Waals surface area contributed by atoms with Crippen LogP contribution >= 0.6 is 0 Å². The Kier molecular flexibility index (Phi) is 4.88. The minimum absolute atomic E-state index is 0.993. The van der Waals surface area contributed by atoms with Crippen molar-refractivity contribution in [3.63, 3.8) is 0 Å². The standard InChI is InChI=1S/C24H32N2/c1-9-25(7)23-20-13-15(3)11-12-19(20)24(26(8)10-2)22-18(6)17(5)16(4)14-21(22)23/h11-14H,9-10H2,1-8H3. The Morgan fingerprint density at radius 3 is 1.92 bits per heavy atom. The Hall–Kier alpha value is -2.22. The topological polar surface area (TPSA) is 6.48 Å². The van der Waals surface area contributed by atoms with E-state index in [1.807, 2.05) is 0 Å². The second kappa shape index (κ2) is 6.83. The van der Waals surface area contributed by atoms with Crippen molar-refractivity contribution in [3.8, 4) is 0 Å². The zero-order valence-corrected chi connectivity index (χ0v) is 17.6. The summed E-state index contributed by atoms with van der Waals surface area (Å²) in [5.41, 5.74) is 8.22. The van der Waals surface area contributed by atoms with Gasteiger partial charge < -0.3 is 9.80 Å². The summed E-state index contributed by atoms with van der Waals surface area (Å²) in [6.07, 6.45) is 0. The van der Waals surface area contributed by atoms with Gasteiger partial charge in [0.05, 0.1) is 11.4 Å². The lowest BCUT2D eigenvalue weighted by atomic mass is 9.89. The Morgan fingerprint density at radius 1 is 0.692 bits per heavy atom. The summed E-state index contributed by atoms with van der Waals surface area (Å²) in [4.78, 5) is 4.80. The highest BCUT2D eigenvalue weighted by Gasteiger charge is 2.21. The molecule has 0 aliphatic carbocycles. The van der Waals surface area contributed by atoms with Crippen molar-refractivity contribution in [2.45, 2.75) is 41.5 Å². The van der Waals surface area contributed by atoms with Gasteiger partial charge in [0.2, 0.25) is 0 Å². The van der Waals surface area contributed by atoms with E-state index >= 15 is 0 Å². The molecule has 26 heavy (non-hydrogen) atoms. The van der Waals surface area contributed by atoms with Crippen LogP contribution in [0, 0.1) is 27.7 Å². The maximum absolute atomic E-state index is 2.40. The molecule has 0 aliphatic heterocycles. The summed E-state index contributed by atoms with van der Waals surface area (Å²) in [6.45, 7) is 15.4. The highest BCUT2D eigenvalue weighted by molar-refractivity contribution is 6.21. The fourth-order valence-electron chi connectivity index (χ4n) is 4.04. The summed E-state index contributed by atoms with van der Waals surface area (Å²) in [7, 11) is 4.43. The molecule has 0 unspecified atom stereocenters. The summed E-state index contributed by atoms with van der Waals surface area (Å²) in [5.74, 6) is 0. The Labute approximate surface area is 158 Å². The van der Waals surface area contributed by atoms with Gasteiger partial charge in [-0.15, -0.1) is 0 Å². The largest absolute Gasteiger partial charge is 0.374 e. The van der Waals surface area contributed by atoms with Gasteiger partial charge in [-0.25, -0.2) is 0 Å². The first-order valence-electron chi connectivity index (χ1n) is 9.70. The van der Waals surface area contributed by atoms with Crippen molar-refractivity contribution in [1.29, 1.82) is 0 Å². The van der Waals surface area contributed by atoms with Crippen molar-refractivity contribution in [1.82, 2.24) is 0 Å². The van der Waals surface area contributed by atoms with E-state index in [1.165, 1.54) is 55.2 Å². The number of benzene rings is 3. The first-order chi connectivity index (χ1) is 12.3. The third-order valence-electron chi connectivity index (χ3n) is 6.05. The van der Waals surface area contributed by atoms with Crippen LogP contribution in [-0.2, 0) is 0 Å². The minimum Gasteiger partial charge on any atom is -0.374 e. The number of anilines is 2. The lowest BCUT2D eigenvalue weighted by Gasteiger charge is -2.29. The highest BCUT2D eigenvalue weighted by atomic mass is 15.1. The zero-order valence-electron chi connectivity index (χ0n) is 17.6. The second-order valence-corrected chi connectivity index (χ2v) is 7.64. The first kappa shape index (κ1) is 18.6. The maximum Gasteiger partial charge on any atom is 0.0527 e. The molecule has 0 amide bonds. The second-order valence-electron chi connectivity index (χ2n) is 7.64. The molecule has 0 atom stereocenters. The molecule has 0 saturated carbocycles. The molecule has 0 saturated heterocycles. The molecule has 0 fully saturated rings. The van der Waals surface area contributed by atoms with Crippen LogP contribution in [0.1, 0.15) is 36.1 Å². The van der Waals surface area contributed by atoms with Gasteiger partial charge in [-0.1, -0.05) is 17.7 Å². The quantitative estimate of drug-likeness (QED) is 0.413. The molecule has 3 aromatic rings. The smallest absolute Gasteiger partial charge is 0.0527 e. The molecule has 138 valence electrons. The van der Waals surface area contributed by atoms with E-state index in [0.717, 1.165) is 13.1 Å².